The molecule has 3 heterocycles. The van der Waals surface area contributed by atoms with Crippen molar-refractivity contribution in [2.24, 2.45) is 0 Å². The maximum atomic E-state index is 9.61. The first-order chi connectivity index (χ1) is 13.3. The van der Waals surface area contributed by atoms with Gasteiger partial charge in [0.2, 0.25) is 0 Å². The molecule has 2 N–H and O–H groups in total. The molecular formula is C18H27N5O4. The number of hydrogen-bond donors (Lipinski definition) is 2. The fraction of sp³-hybridized carbons (Fsp3) is 0.722. The lowest BCUT2D eigenvalue weighted by Gasteiger charge is -2.23. The first-order valence-electron chi connectivity index (χ1n) is 9.52. The van der Waals surface area contributed by atoms with Gasteiger partial charge in [-0.2, -0.15) is 0 Å². The van der Waals surface area contributed by atoms with E-state index in [1.807, 2.05) is 4.57 Å². The fourth-order valence-electron chi connectivity index (χ4n) is 4.20. The molecule has 2 aromatic rings. The standard InChI is InChI=1S/C18H27N5O4/c1-25-14-12(8-24)27-18(15(14)26-2)23-10-21-13-16(19-9-20-17(13)23)22-11-6-4-3-5-7-11/h9-12,14-15,18,24H,3-8H2,1-2H3,(H,19,20,22)/t12-,14-,15-,18-/m1/s1. The molecule has 0 spiro atoms. The Balaban J connectivity index is 1.64. The number of fused-ring (bicyclic) bond motifs is 1. The Labute approximate surface area is 158 Å². The Hall–Kier alpha value is -1.81. The predicted octanol–water partition coefficient (Wildman–Crippen LogP) is 1.49. The van der Waals surface area contributed by atoms with E-state index in [-0.39, 0.29) is 18.8 Å². The van der Waals surface area contributed by atoms with Gasteiger partial charge in [-0.1, -0.05) is 19.3 Å². The van der Waals surface area contributed by atoms with Crippen LogP contribution >= 0.6 is 0 Å². The Morgan fingerprint density at radius 1 is 1.15 bits per heavy atom. The van der Waals surface area contributed by atoms with Gasteiger partial charge >= 0.3 is 0 Å². The monoisotopic (exact) mass is 377 g/mol. The van der Waals surface area contributed by atoms with Gasteiger partial charge in [-0.05, 0) is 12.8 Å². The minimum absolute atomic E-state index is 0.148. The van der Waals surface area contributed by atoms with Crippen LogP contribution in [0.15, 0.2) is 12.7 Å². The third kappa shape index (κ3) is 3.40. The number of rotatable bonds is 6. The SMILES string of the molecule is CO[C@@H]1[C@H](OC)[C@@H](CO)O[C@H]1n1cnc2c(NC3CCCCC3)ncnc21. The maximum Gasteiger partial charge on any atom is 0.167 e. The van der Waals surface area contributed by atoms with Crippen LogP contribution in [0.2, 0.25) is 0 Å². The van der Waals surface area contributed by atoms with Gasteiger partial charge in [0, 0.05) is 20.3 Å². The molecule has 1 aliphatic heterocycles. The first kappa shape index (κ1) is 18.5. The van der Waals surface area contributed by atoms with Gasteiger partial charge in [-0.15, -0.1) is 0 Å². The number of imidazole rings is 1. The summed E-state index contributed by atoms with van der Waals surface area (Å²) < 4.78 is 18.9. The van der Waals surface area contributed by atoms with E-state index in [0.717, 1.165) is 18.7 Å². The number of aliphatic hydroxyl groups is 1. The van der Waals surface area contributed by atoms with Crippen molar-refractivity contribution in [2.45, 2.75) is 62.7 Å². The Kier molecular flexibility index (Phi) is 5.53. The molecule has 0 bridgehead atoms. The Morgan fingerprint density at radius 2 is 1.93 bits per heavy atom. The van der Waals surface area contributed by atoms with E-state index in [0.29, 0.717) is 17.2 Å². The zero-order valence-electron chi connectivity index (χ0n) is 15.7. The van der Waals surface area contributed by atoms with Gasteiger partial charge in [0.05, 0.1) is 12.9 Å². The molecule has 2 aliphatic rings. The minimum atomic E-state index is -0.487. The zero-order valence-corrected chi connectivity index (χ0v) is 15.7. The van der Waals surface area contributed by atoms with Crippen LogP contribution in [0.3, 0.4) is 0 Å². The molecule has 1 saturated carbocycles. The number of ether oxygens (including phenoxy) is 3. The normalized spacial score (nSPS) is 29.4. The highest BCUT2D eigenvalue weighted by Gasteiger charge is 2.46. The van der Waals surface area contributed by atoms with E-state index in [1.54, 1.807) is 26.9 Å². The third-order valence-corrected chi connectivity index (χ3v) is 5.59. The van der Waals surface area contributed by atoms with Crippen molar-refractivity contribution >= 4 is 17.0 Å². The minimum Gasteiger partial charge on any atom is -0.394 e. The highest BCUT2D eigenvalue weighted by molar-refractivity contribution is 5.82. The molecule has 1 aliphatic carbocycles. The fourth-order valence-corrected chi connectivity index (χ4v) is 4.20. The summed E-state index contributed by atoms with van der Waals surface area (Å²) in [4.78, 5) is 13.4. The van der Waals surface area contributed by atoms with Crippen LogP contribution in [0.1, 0.15) is 38.3 Å². The van der Waals surface area contributed by atoms with Crippen molar-refractivity contribution in [3.05, 3.63) is 12.7 Å². The van der Waals surface area contributed by atoms with Crippen molar-refractivity contribution in [2.75, 3.05) is 26.1 Å². The van der Waals surface area contributed by atoms with Crippen molar-refractivity contribution in [3.63, 3.8) is 0 Å². The first-order valence-corrected chi connectivity index (χ1v) is 9.52. The summed E-state index contributed by atoms with van der Waals surface area (Å²) in [6.07, 6.45) is 7.61. The van der Waals surface area contributed by atoms with Gasteiger partial charge in [0.1, 0.15) is 24.6 Å². The second kappa shape index (κ2) is 8.05. The number of nitrogens with one attached hydrogen (secondary N) is 1. The average molecular weight is 377 g/mol. The molecule has 0 radical (unpaired) electrons. The van der Waals surface area contributed by atoms with Gasteiger partial charge in [-0.3, -0.25) is 4.57 Å². The van der Waals surface area contributed by atoms with Crippen LogP contribution in [0, 0.1) is 0 Å². The molecule has 4 atom stereocenters. The second-order valence-electron chi connectivity index (χ2n) is 7.17. The van der Waals surface area contributed by atoms with Gasteiger partial charge in [-0.25, -0.2) is 15.0 Å². The van der Waals surface area contributed by atoms with Crippen molar-refractivity contribution in [1.29, 1.82) is 0 Å². The van der Waals surface area contributed by atoms with Crippen LogP contribution in [0.4, 0.5) is 5.82 Å². The predicted molar refractivity (Wildman–Crippen MR) is 98.4 cm³/mol. The highest BCUT2D eigenvalue weighted by Crippen LogP contribution is 2.35. The van der Waals surface area contributed by atoms with Crippen molar-refractivity contribution < 1.29 is 19.3 Å². The summed E-state index contributed by atoms with van der Waals surface area (Å²) >= 11 is 0. The molecule has 148 valence electrons. The van der Waals surface area contributed by atoms with E-state index < -0.39 is 12.3 Å². The van der Waals surface area contributed by atoms with Crippen molar-refractivity contribution in [1.82, 2.24) is 19.5 Å². The summed E-state index contributed by atoms with van der Waals surface area (Å²) in [7, 11) is 3.20. The van der Waals surface area contributed by atoms with Crippen molar-refractivity contribution in [3.8, 4) is 0 Å². The summed E-state index contributed by atoms with van der Waals surface area (Å²) in [6, 6.07) is 0.424. The maximum absolute atomic E-state index is 9.61. The summed E-state index contributed by atoms with van der Waals surface area (Å²) in [5.41, 5.74) is 1.38. The summed E-state index contributed by atoms with van der Waals surface area (Å²) in [6.45, 7) is -0.148. The second-order valence-corrected chi connectivity index (χ2v) is 7.17. The number of aliphatic hydroxyl groups excluding tert-OH is 1. The quantitative estimate of drug-likeness (QED) is 0.780. The molecule has 4 rings (SSSR count). The summed E-state index contributed by atoms with van der Waals surface area (Å²) in [5, 5.41) is 13.1. The average Bonchev–Trinajstić information content (AvgIpc) is 3.29. The number of aromatic nitrogens is 4. The van der Waals surface area contributed by atoms with Gasteiger partial charge in [0.25, 0.3) is 0 Å². The molecule has 2 fully saturated rings. The molecule has 27 heavy (non-hydrogen) atoms. The lowest BCUT2D eigenvalue weighted by Crippen LogP contribution is -2.36. The van der Waals surface area contributed by atoms with E-state index in [4.69, 9.17) is 14.2 Å². The third-order valence-electron chi connectivity index (χ3n) is 5.59. The number of hydrogen-bond acceptors (Lipinski definition) is 8. The number of anilines is 1. The zero-order chi connectivity index (χ0) is 18.8. The molecule has 9 nitrogen and oxygen atoms in total. The lowest BCUT2D eigenvalue weighted by atomic mass is 9.95. The number of methoxy groups -OCH3 is 2. The molecule has 9 heteroatoms. The Bertz CT molecular complexity index is 763. The highest BCUT2D eigenvalue weighted by atomic mass is 16.6. The summed E-state index contributed by atoms with van der Waals surface area (Å²) in [5.74, 6) is 0.750. The van der Waals surface area contributed by atoms with E-state index in [2.05, 4.69) is 20.3 Å². The van der Waals surface area contributed by atoms with Crippen LogP contribution in [0.25, 0.3) is 11.2 Å². The van der Waals surface area contributed by atoms with Gasteiger partial charge < -0.3 is 24.6 Å². The number of nitrogens with zero attached hydrogens (tertiary/aromatic N) is 4. The molecule has 0 aromatic carbocycles. The molecular weight excluding hydrogens is 350 g/mol. The molecule has 2 aromatic heterocycles. The Morgan fingerprint density at radius 3 is 2.63 bits per heavy atom. The van der Waals surface area contributed by atoms with Crippen LogP contribution in [-0.2, 0) is 14.2 Å². The van der Waals surface area contributed by atoms with Gasteiger partial charge in [0.15, 0.2) is 23.2 Å². The van der Waals surface area contributed by atoms with E-state index >= 15 is 0 Å². The lowest BCUT2D eigenvalue weighted by molar-refractivity contribution is -0.0583. The van der Waals surface area contributed by atoms with Crippen LogP contribution in [0.5, 0.6) is 0 Å². The largest absolute Gasteiger partial charge is 0.394 e. The van der Waals surface area contributed by atoms with E-state index in [9.17, 15) is 5.11 Å². The topological polar surface area (TPSA) is 104 Å². The van der Waals surface area contributed by atoms with E-state index in [1.165, 1.54) is 19.3 Å². The van der Waals surface area contributed by atoms with Crippen LogP contribution in [-0.4, -0.2) is 69.8 Å². The smallest absolute Gasteiger partial charge is 0.167 e. The molecule has 1 saturated heterocycles. The molecule has 0 unspecified atom stereocenters. The van der Waals surface area contributed by atoms with Crippen LogP contribution < -0.4 is 5.32 Å². The molecule has 0 amide bonds.